The van der Waals surface area contributed by atoms with Gasteiger partial charge in [-0.1, -0.05) is 54.1 Å². The van der Waals surface area contributed by atoms with E-state index in [9.17, 15) is 4.39 Å². The third kappa shape index (κ3) is 4.12. The van der Waals surface area contributed by atoms with Crippen molar-refractivity contribution in [2.24, 2.45) is 0 Å². The van der Waals surface area contributed by atoms with Crippen molar-refractivity contribution in [1.82, 2.24) is 9.80 Å². The molecule has 0 unspecified atom stereocenters. The number of hydrogen-bond donors (Lipinski definition) is 1. The first-order chi connectivity index (χ1) is 13.6. The van der Waals surface area contributed by atoms with Gasteiger partial charge in [0.1, 0.15) is 5.82 Å². The van der Waals surface area contributed by atoms with Crippen LogP contribution in [0.1, 0.15) is 5.56 Å². The highest BCUT2D eigenvalue weighted by Gasteiger charge is 2.21. The Hall–Kier alpha value is -2.21. The van der Waals surface area contributed by atoms with E-state index in [0.29, 0.717) is 17.1 Å². The van der Waals surface area contributed by atoms with E-state index < -0.39 is 0 Å². The molecule has 0 bridgehead atoms. The van der Waals surface area contributed by atoms with Gasteiger partial charge in [-0.25, -0.2) is 4.39 Å². The van der Waals surface area contributed by atoms with Crippen LogP contribution in [0.2, 0.25) is 5.02 Å². The molecule has 0 spiro atoms. The van der Waals surface area contributed by atoms with Gasteiger partial charge >= 0.3 is 0 Å². The van der Waals surface area contributed by atoms with Gasteiger partial charge in [0.05, 0.1) is 0 Å². The highest BCUT2D eigenvalue weighted by molar-refractivity contribution is 7.80. The molecule has 0 saturated carbocycles. The summed E-state index contributed by atoms with van der Waals surface area (Å²) in [5, 5.41) is 6.93. The quantitative estimate of drug-likeness (QED) is 0.598. The normalized spacial score (nSPS) is 15.0. The molecule has 0 aliphatic carbocycles. The molecule has 28 heavy (non-hydrogen) atoms. The number of benzene rings is 3. The predicted octanol–water partition coefficient (Wildman–Crippen LogP) is 5.15. The first-order valence-corrected chi connectivity index (χ1v) is 10.1. The second-order valence-corrected chi connectivity index (χ2v) is 7.71. The predicted molar refractivity (Wildman–Crippen MR) is 118 cm³/mol. The Labute approximate surface area is 174 Å². The van der Waals surface area contributed by atoms with E-state index in [-0.39, 0.29) is 5.82 Å². The number of rotatable bonds is 3. The number of fused-ring (bicyclic) bond motifs is 1. The van der Waals surface area contributed by atoms with Crippen molar-refractivity contribution >= 4 is 45.4 Å². The Morgan fingerprint density at radius 1 is 0.964 bits per heavy atom. The molecular formula is C22H21ClFN3S. The molecule has 4 rings (SSSR count). The number of hydrogen-bond acceptors (Lipinski definition) is 2. The van der Waals surface area contributed by atoms with Crippen molar-refractivity contribution in [1.29, 1.82) is 0 Å². The number of nitrogens with one attached hydrogen (secondary N) is 1. The van der Waals surface area contributed by atoms with Crippen LogP contribution in [0.25, 0.3) is 10.8 Å². The van der Waals surface area contributed by atoms with E-state index in [0.717, 1.165) is 42.4 Å². The second kappa shape index (κ2) is 8.43. The second-order valence-electron chi connectivity index (χ2n) is 6.92. The summed E-state index contributed by atoms with van der Waals surface area (Å²) in [6.45, 7) is 3.72. The van der Waals surface area contributed by atoms with Gasteiger partial charge in [0.15, 0.2) is 5.11 Å². The Morgan fingerprint density at radius 3 is 2.46 bits per heavy atom. The van der Waals surface area contributed by atoms with E-state index in [1.54, 1.807) is 12.1 Å². The maximum Gasteiger partial charge on any atom is 0.173 e. The van der Waals surface area contributed by atoms with Gasteiger partial charge in [-0.3, -0.25) is 4.90 Å². The maximum atomic E-state index is 14.0. The molecule has 1 aliphatic heterocycles. The summed E-state index contributed by atoms with van der Waals surface area (Å²) in [6, 6.07) is 19.3. The summed E-state index contributed by atoms with van der Waals surface area (Å²) in [4.78, 5) is 4.37. The molecule has 0 atom stereocenters. The Bertz CT molecular complexity index is 976. The number of thiocarbonyl (C=S) groups is 1. The number of nitrogens with zero attached hydrogens (tertiary/aromatic N) is 2. The number of anilines is 1. The van der Waals surface area contributed by atoms with E-state index in [1.807, 2.05) is 24.3 Å². The van der Waals surface area contributed by atoms with Gasteiger partial charge in [0.2, 0.25) is 0 Å². The molecule has 1 fully saturated rings. The van der Waals surface area contributed by atoms with Gasteiger partial charge in [-0.2, -0.15) is 0 Å². The third-order valence-electron chi connectivity index (χ3n) is 5.13. The van der Waals surface area contributed by atoms with Crippen LogP contribution in [0.15, 0.2) is 60.7 Å². The molecule has 1 heterocycles. The van der Waals surface area contributed by atoms with Crippen molar-refractivity contribution in [2.45, 2.75) is 6.54 Å². The number of halogens is 2. The molecule has 1 N–H and O–H groups in total. The van der Waals surface area contributed by atoms with Crippen molar-refractivity contribution in [3.63, 3.8) is 0 Å². The summed E-state index contributed by atoms with van der Waals surface area (Å²) in [6.07, 6.45) is 0. The molecular weight excluding hydrogens is 393 g/mol. The molecule has 0 amide bonds. The lowest BCUT2D eigenvalue weighted by atomic mass is 10.1. The summed E-state index contributed by atoms with van der Waals surface area (Å²) in [7, 11) is 0. The summed E-state index contributed by atoms with van der Waals surface area (Å²) in [5.41, 5.74) is 1.58. The van der Waals surface area contributed by atoms with Gasteiger partial charge in [-0.15, -0.1) is 0 Å². The van der Waals surface area contributed by atoms with Gasteiger partial charge in [0.25, 0.3) is 0 Å². The van der Waals surface area contributed by atoms with E-state index in [4.69, 9.17) is 23.8 Å². The SMILES string of the molecule is Fc1cccc(Cl)c1CN1CCN(C(=S)Nc2cccc3ccccc23)CC1. The first kappa shape index (κ1) is 19.1. The zero-order valence-corrected chi connectivity index (χ0v) is 16.9. The fraction of sp³-hybridized carbons (Fsp3) is 0.227. The van der Waals surface area contributed by atoms with E-state index in [1.165, 1.54) is 11.5 Å². The molecule has 1 saturated heterocycles. The maximum absolute atomic E-state index is 14.0. The smallest absolute Gasteiger partial charge is 0.173 e. The van der Waals surface area contributed by atoms with Crippen LogP contribution in [-0.4, -0.2) is 41.1 Å². The third-order valence-corrected chi connectivity index (χ3v) is 5.85. The largest absolute Gasteiger partial charge is 0.346 e. The van der Waals surface area contributed by atoms with Crippen LogP contribution >= 0.6 is 23.8 Å². The molecule has 144 valence electrons. The van der Waals surface area contributed by atoms with Crippen molar-refractivity contribution in [3.05, 3.63) is 77.1 Å². The topological polar surface area (TPSA) is 18.5 Å². The van der Waals surface area contributed by atoms with Crippen LogP contribution in [0, 0.1) is 5.82 Å². The minimum atomic E-state index is -0.247. The lowest BCUT2D eigenvalue weighted by Gasteiger charge is -2.36. The van der Waals surface area contributed by atoms with Crippen LogP contribution in [-0.2, 0) is 6.54 Å². The van der Waals surface area contributed by atoms with Crippen molar-refractivity contribution in [3.8, 4) is 0 Å². The molecule has 0 radical (unpaired) electrons. The van der Waals surface area contributed by atoms with Crippen LogP contribution in [0.4, 0.5) is 10.1 Å². The van der Waals surface area contributed by atoms with Crippen LogP contribution in [0.5, 0.6) is 0 Å². The Kier molecular flexibility index (Phi) is 5.76. The molecule has 3 nitrogen and oxygen atoms in total. The summed E-state index contributed by atoms with van der Waals surface area (Å²) in [5.74, 6) is -0.247. The zero-order chi connectivity index (χ0) is 19.5. The monoisotopic (exact) mass is 413 g/mol. The molecule has 1 aliphatic rings. The fourth-order valence-electron chi connectivity index (χ4n) is 3.54. The highest BCUT2D eigenvalue weighted by Crippen LogP contribution is 2.24. The molecule has 3 aromatic rings. The van der Waals surface area contributed by atoms with Gasteiger partial charge in [0, 0.05) is 54.4 Å². The highest BCUT2D eigenvalue weighted by atomic mass is 35.5. The lowest BCUT2D eigenvalue weighted by molar-refractivity contribution is 0.175. The Morgan fingerprint density at radius 2 is 1.68 bits per heavy atom. The van der Waals surface area contributed by atoms with Crippen molar-refractivity contribution < 1.29 is 4.39 Å². The average molecular weight is 414 g/mol. The molecule has 0 aromatic heterocycles. The lowest BCUT2D eigenvalue weighted by Crippen LogP contribution is -2.49. The van der Waals surface area contributed by atoms with Crippen LogP contribution in [0.3, 0.4) is 0 Å². The van der Waals surface area contributed by atoms with Crippen molar-refractivity contribution in [2.75, 3.05) is 31.5 Å². The van der Waals surface area contributed by atoms with Gasteiger partial charge in [-0.05, 0) is 35.8 Å². The average Bonchev–Trinajstić information content (AvgIpc) is 2.71. The summed E-state index contributed by atoms with van der Waals surface area (Å²) >= 11 is 11.8. The minimum Gasteiger partial charge on any atom is -0.346 e. The standard InChI is InChI=1S/C22H21ClFN3S/c23-19-8-4-9-20(24)18(19)15-26-11-13-27(14-12-26)22(28)25-21-10-3-6-16-5-1-2-7-17(16)21/h1-10H,11-15H2,(H,25,28). The first-order valence-electron chi connectivity index (χ1n) is 9.31. The molecule has 3 aromatic carbocycles. The zero-order valence-electron chi connectivity index (χ0n) is 15.4. The molecule has 6 heteroatoms. The summed E-state index contributed by atoms with van der Waals surface area (Å²) < 4.78 is 14.0. The van der Waals surface area contributed by atoms with E-state index >= 15 is 0 Å². The fourth-order valence-corrected chi connectivity index (χ4v) is 4.06. The van der Waals surface area contributed by atoms with Crippen LogP contribution < -0.4 is 5.32 Å². The Balaban J connectivity index is 1.38. The van der Waals surface area contributed by atoms with E-state index in [2.05, 4.69) is 33.3 Å². The van der Waals surface area contributed by atoms with Gasteiger partial charge < -0.3 is 10.2 Å². The minimum absolute atomic E-state index is 0.247. The number of piperazine rings is 1.